The number of hydrogen-bond acceptors (Lipinski definition) is 2. The van der Waals surface area contributed by atoms with Crippen LogP contribution in [-0.4, -0.2) is 17.2 Å². The van der Waals surface area contributed by atoms with E-state index in [1.165, 1.54) is 22.1 Å². The molecular weight excluding hydrogens is 397 g/mol. The Morgan fingerprint density at radius 1 is 0.935 bits per heavy atom. The van der Waals surface area contributed by atoms with E-state index in [0.29, 0.717) is 26.4 Å². The highest BCUT2D eigenvalue weighted by Gasteiger charge is 2.33. The number of anilines is 1. The molecular formula is C28H44NOP. The van der Waals surface area contributed by atoms with Gasteiger partial charge in [0.1, 0.15) is 5.75 Å². The van der Waals surface area contributed by atoms with Gasteiger partial charge < -0.3 is 10.0 Å². The second kappa shape index (κ2) is 9.53. The fourth-order valence-electron chi connectivity index (χ4n) is 4.44. The molecule has 31 heavy (non-hydrogen) atoms. The minimum Gasteiger partial charge on any atom is -0.507 e. The molecule has 2 rings (SSSR count). The zero-order valence-corrected chi connectivity index (χ0v) is 22.6. The SMILES string of the molecule is CCC(C)(Pc1c(C)cccc1N(C(C)C)C(C)C)c1cc(C(C)(C)C)cc(C)c1O. The van der Waals surface area contributed by atoms with Gasteiger partial charge in [0.05, 0.1) is 0 Å². The molecule has 0 aromatic heterocycles. The van der Waals surface area contributed by atoms with Gasteiger partial charge in [0.15, 0.2) is 0 Å². The molecule has 0 spiro atoms. The van der Waals surface area contributed by atoms with Gasteiger partial charge >= 0.3 is 0 Å². The van der Waals surface area contributed by atoms with Crippen molar-refractivity contribution in [3.05, 3.63) is 52.6 Å². The maximum atomic E-state index is 11.2. The Balaban J connectivity index is 2.69. The van der Waals surface area contributed by atoms with E-state index in [1.54, 1.807) is 0 Å². The smallest absolute Gasteiger partial charge is 0.122 e. The predicted octanol–water partition coefficient (Wildman–Crippen LogP) is 7.56. The normalized spacial score (nSPS) is 14.6. The lowest BCUT2D eigenvalue weighted by molar-refractivity contribution is 0.450. The second-order valence-electron chi connectivity index (χ2n) is 10.8. The van der Waals surface area contributed by atoms with Crippen LogP contribution in [0, 0.1) is 13.8 Å². The Hall–Kier alpha value is -1.53. The van der Waals surface area contributed by atoms with Crippen LogP contribution in [-0.2, 0) is 10.6 Å². The van der Waals surface area contributed by atoms with E-state index in [0.717, 1.165) is 17.5 Å². The van der Waals surface area contributed by atoms with Gasteiger partial charge in [-0.3, -0.25) is 0 Å². The molecule has 2 atom stereocenters. The van der Waals surface area contributed by atoms with Crippen LogP contribution in [0.2, 0.25) is 0 Å². The van der Waals surface area contributed by atoms with Crippen molar-refractivity contribution in [3.63, 3.8) is 0 Å². The van der Waals surface area contributed by atoms with Crippen LogP contribution in [0.1, 0.15) is 91.0 Å². The van der Waals surface area contributed by atoms with Gasteiger partial charge in [-0.15, -0.1) is 0 Å². The van der Waals surface area contributed by atoms with Gasteiger partial charge in [-0.05, 0) is 81.4 Å². The minimum atomic E-state index is -0.128. The van der Waals surface area contributed by atoms with Crippen molar-refractivity contribution < 1.29 is 5.11 Å². The van der Waals surface area contributed by atoms with Crippen molar-refractivity contribution in [1.29, 1.82) is 0 Å². The maximum Gasteiger partial charge on any atom is 0.122 e. The van der Waals surface area contributed by atoms with Crippen molar-refractivity contribution in [2.24, 2.45) is 0 Å². The molecule has 1 N–H and O–H groups in total. The molecule has 0 fully saturated rings. The summed E-state index contributed by atoms with van der Waals surface area (Å²) in [7, 11) is 0.573. The first-order valence-corrected chi connectivity index (χ1v) is 12.7. The fourth-order valence-corrected chi connectivity index (χ4v) is 6.11. The summed E-state index contributed by atoms with van der Waals surface area (Å²) in [5.74, 6) is 0.463. The minimum absolute atomic E-state index is 0.0465. The zero-order valence-electron chi connectivity index (χ0n) is 21.6. The third-order valence-corrected chi connectivity index (χ3v) is 8.59. The van der Waals surface area contributed by atoms with Gasteiger partial charge in [-0.1, -0.05) is 67.5 Å². The van der Waals surface area contributed by atoms with Crippen molar-refractivity contribution in [2.45, 2.75) is 105 Å². The topological polar surface area (TPSA) is 23.5 Å². The van der Waals surface area contributed by atoms with Gasteiger partial charge in [0.25, 0.3) is 0 Å². The summed E-state index contributed by atoms with van der Waals surface area (Å²) < 4.78 is 0. The van der Waals surface area contributed by atoms with E-state index >= 15 is 0 Å². The number of aromatic hydroxyl groups is 1. The predicted molar refractivity (Wildman–Crippen MR) is 141 cm³/mol. The van der Waals surface area contributed by atoms with Crippen LogP contribution in [0.15, 0.2) is 30.3 Å². The number of phenols is 1. The molecule has 0 saturated heterocycles. The van der Waals surface area contributed by atoms with E-state index in [2.05, 4.69) is 104 Å². The van der Waals surface area contributed by atoms with Crippen molar-refractivity contribution in [3.8, 4) is 5.75 Å². The molecule has 0 amide bonds. The fraction of sp³-hybridized carbons (Fsp3) is 0.571. The van der Waals surface area contributed by atoms with E-state index in [-0.39, 0.29) is 10.6 Å². The Kier molecular flexibility index (Phi) is 7.91. The van der Waals surface area contributed by atoms with Crippen molar-refractivity contribution >= 4 is 19.6 Å². The standard InChI is InChI=1S/C28H44NOP/c1-12-28(11,23-17-22(27(8,9)10)16-21(7)25(23)30)31-26-20(6)14-13-15-24(26)29(18(2)3)19(4)5/h13-19,30-31H,12H2,1-11H3. The molecule has 0 aliphatic rings. The lowest BCUT2D eigenvalue weighted by atomic mass is 9.82. The second-order valence-corrected chi connectivity index (χ2v) is 12.7. The van der Waals surface area contributed by atoms with Gasteiger partial charge in [-0.2, -0.15) is 0 Å². The molecule has 0 aliphatic heterocycles. The summed E-state index contributed by atoms with van der Waals surface area (Å²) in [6, 6.07) is 12.0. The number of hydrogen-bond donors (Lipinski definition) is 1. The Morgan fingerprint density at radius 2 is 1.52 bits per heavy atom. The lowest BCUT2D eigenvalue weighted by Gasteiger charge is -2.38. The van der Waals surface area contributed by atoms with Crippen LogP contribution in [0.5, 0.6) is 5.75 Å². The first-order chi connectivity index (χ1) is 14.2. The highest BCUT2D eigenvalue weighted by Crippen LogP contribution is 2.50. The molecule has 0 heterocycles. The molecule has 172 valence electrons. The lowest BCUT2D eigenvalue weighted by Crippen LogP contribution is -2.40. The van der Waals surface area contributed by atoms with Crippen LogP contribution >= 0.6 is 8.58 Å². The number of aryl methyl sites for hydroxylation is 2. The van der Waals surface area contributed by atoms with Crippen LogP contribution < -0.4 is 10.2 Å². The molecule has 0 radical (unpaired) electrons. The highest BCUT2D eigenvalue weighted by atomic mass is 31.1. The maximum absolute atomic E-state index is 11.2. The van der Waals surface area contributed by atoms with E-state index in [1.807, 2.05) is 6.92 Å². The van der Waals surface area contributed by atoms with E-state index in [9.17, 15) is 5.11 Å². The third-order valence-electron chi connectivity index (χ3n) is 6.51. The van der Waals surface area contributed by atoms with Crippen LogP contribution in [0.4, 0.5) is 5.69 Å². The highest BCUT2D eigenvalue weighted by molar-refractivity contribution is 7.49. The largest absolute Gasteiger partial charge is 0.507 e. The summed E-state index contributed by atoms with van der Waals surface area (Å²) in [5.41, 5.74) is 6.08. The molecule has 2 unspecified atom stereocenters. The molecule has 2 nitrogen and oxygen atoms in total. The summed E-state index contributed by atoms with van der Waals surface area (Å²) in [6.45, 7) is 24.7. The van der Waals surface area contributed by atoms with Gasteiger partial charge in [0, 0.05) is 28.5 Å². The van der Waals surface area contributed by atoms with Gasteiger partial charge in [-0.25, -0.2) is 0 Å². The number of nitrogens with zero attached hydrogens (tertiary/aromatic N) is 1. The van der Waals surface area contributed by atoms with Crippen molar-refractivity contribution in [1.82, 2.24) is 0 Å². The quantitative estimate of drug-likeness (QED) is 0.448. The average molecular weight is 442 g/mol. The third kappa shape index (κ3) is 5.46. The molecule has 3 heteroatoms. The summed E-state index contributed by atoms with van der Waals surface area (Å²) in [5, 5.41) is 12.4. The first kappa shape index (κ1) is 25.7. The molecule has 0 saturated carbocycles. The molecule has 2 aromatic rings. The zero-order chi connectivity index (χ0) is 23.7. The monoisotopic (exact) mass is 441 g/mol. The molecule has 0 aliphatic carbocycles. The molecule has 2 aromatic carbocycles. The Labute approximate surface area is 193 Å². The molecule has 0 bridgehead atoms. The van der Waals surface area contributed by atoms with E-state index in [4.69, 9.17) is 0 Å². The van der Waals surface area contributed by atoms with E-state index < -0.39 is 0 Å². The average Bonchev–Trinajstić information content (AvgIpc) is 2.65. The van der Waals surface area contributed by atoms with Gasteiger partial charge in [0.2, 0.25) is 0 Å². The number of rotatable bonds is 7. The summed E-state index contributed by atoms with van der Waals surface area (Å²) >= 11 is 0. The number of phenolic OH excluding ortho intramolecular Hbond substituents is 1. The van der Waals surface area contributed by atoms with Crippen LogP contribution in [0.3, 0.4) is 0 Å². The Morgan fingerprint density at radius 3 is 2.00 bits per heavy atom. The summed E-state index contributed by atoms with van der Waals surface area (Å²) in [6.07, 6.45) is 0.975. The van der Waals surface area contributed by atoms with Crippen molar-refractivity contribution in [2.75, 3.05) is 4.90 Å². The summed E-state index contributed by atoms with van der Waals surface area (Å²) in [4.78, 5) is 2.53. The van der Waals surface area contributed by atoms with Crippen LogP contribution in [0.25, 0.3) is 0 Å². The Bertz CT molecular complexity index is 902. The number of benzene rings is 2. The first-order valence-electron chi connectivity index (χ1n) is 11.7.